The average Bonchev–Trinajstić information content (AvgIpc) is 3.32. The van der Waals surface area contributed by atoms with Crippen LogP contribution >= 0.6 is 11.8 Å². The van der Waals surface area contributed by atoms with Crippen LogP contribution in [0.4, 0.5) is 0 Å². The summed E-state index contributed by atoms with van der Waals surface area (Å²) in [6.45, 7) is 4.29. The fourth-order valence-electron chi connectivity index (χ4n) is 3.28. The topological polar surface area (TPSA) is 62.7 Å². The number of hydrogen-bond donors (Lipinski definition) is 2. The SMILES string of the molecule is CSCCC(NC(=O)C(CC(C)C)n1cccc1)c1nc2ccccc2[nH]1. The van der Waals surface area contributed by atoms with Gasteiger partial charge < -0.3 is 14.9 Å². The molecule has 1 amide bonds. The highest BCUT2D eigenvalue weighted by atomic mass is 32.2. The Morgan fingerprint density at radius 3 is 2.63 bits per heavy atom. The van der Waals surface area contributed by atoms with E-state index in [9.17, 15) is 4.79 Å². The van der Waals surface area contributed by atoms with Crippen LogP contribution in [0, 0.1) is 5.92 Å². The number of aromatic amines is 1. The van der Waals surface area contributed by atoms with Gasteiger partial charge in [-0.15, -0.1) is 0 Å². The molecule has 3 rings (SSSR count). The van der Waals surface area contributed by atoms with Crippen molar-refractivity contribution in [2.75, 3.05) is 12.0 Å². The number of carbonyl (C=O) groups is 1. The molecule has 0 radical (unpaired) electrons. The summed E-state index contributed by atoms with van der Waals surface area (Å²) in [6, 6.07) is 11.6. The Bertz CT molecular complexity index is 823. The lowest BCUT2D eigenvalue weighted by Crippen LogP contribution is -2.36. The molecule has 27 heavy (non-hydrogen) atoms. The number of H-pyrrole nitrogens is 1. The maximum absolute atomic E-state index is 13.2. The van der Waals surface area contributed by atoms with E-state index < -0.39 is 0 Å². The summed E-state index contributed by atoms with van der Waals surface area (Å²) in [5.41, 5.74) is 1.93. The second kappa shape index (κ2) is 9.13. The first-order valence-electron chi connectivity index (χ1n) is 9.45. The summed E-state index contributed by atoms with van der Waals surface area (Å²) in [5.74, 6) is 2.26. The number of hydrogen-bond acceptors (Lipinski definition) is 3. The lowest BCUT2D eigenvalue weighted by Gasteiger charge is -2.24. The highest BCUT2D eigenvalue weighted by Crippen LogP contribution is 2.23. The molecule has 0 bridgehead atoms. The predicted octanol–water partition coefficient (Wildman–Crippen LogP) is 4.56. The highest BCUT2D eigenvalue weighted by molar-refractivity contribution is 7.98. The zero-order chi connectivity index (χ0) is 19.2. The van der Waals surface area contributed by atoms with Crippen LogP contribution in [0.1, 0.15) is 44.6 Å². The van der Waals surface area contributed by atoms with E-state index in [-0.39, 0.29) is 18.0 Å². The zero-order valence-electron chi connectivity index (χ0n) is 16.2. The lowest BCUT2D eigenvalue weighted by atomic mass is 10.0. The second-order valence-electron chi connectivity index (χ2n) is 7.26. The normalized spacial score (nSPS) is 13.8. The van der Waals surface area contributed by atoms with Crippen molar-refractivity contribution in [3.8, 4) is 0 Å². The molecule has 2 atom stereocenters. The zero-order valence-corrected chi connectivity index (χ0v) is 17.0. The summed E-state index contributed by atoms with van der Waals surface area (Å²) < 4.78 is 2.00. The van der Waals surface area contributed by atoms with Crippen LogP contribution in [0.15, 0.2) is 48.8 Å². The smallest absolute Gasteiger partial charge is 0.243 e. The van der Waals surface area contributed by atoms with E-state index in [4.69, 9.17) is 4.98 Å². The number of nitrogens with zero attached hydrogens (tertiary/aromatic N) is 2. The Hall–Kier alpha value is -2.21. The molecular weight excluding hydrogens is 356 g/mol. The van der Waals surface area contributed by atoms with Crippen molar-refractivity contribution < 1.29 is 4.79 Å². The van der Waals surface area contributed by atoms with Gasteiger partial charge >= 0.3 is 0 Å². The first-order chi connectivity index (χ1) is 13.1. The van der Waals surface area contributed by atoms with Gasteiger partial charge in [-0.25, -0.2) is 4.98 Å². The molecule has 0 saturated heterocycles. The van der Waals surface area contributed by atoms with Crippen molar-refractivity contribution in [3.63, 3.8) is 0 Å². The number of amides is 1. The minimum Gasteiger partial charge on any atom is -0.344 e. The number of carbonyl (C=O) groups excluding carboxylic acids is 1. The number of para-hydroxylation sites is 2. The van der Waals surface area contributed by atoms with E-state index in [0.717, 1.165) is 35.5 Å². The van der Waals surface area contributed by atoms with Crippen molar-refractivity contribution in [1.29, 1.82) is 0 Å². The van der Waals surface area contributed by atoms with Gasteiger partial charge in [-0.3, -0.25) is 4.79 Å². The van der Waals surface area contributed by atoms with Crippen LogP contribution in [0.2, 0.25) is 0 Å². The van der Waals surface area contributed by atoms with E-state index in [1.54, 1.807) is 11.8 Å². The van der Waals surface area contributed by atoms with Crippen LogP contribution in [0.25, 0.3) is 11.0 Å². The second-order valence-corrected chi connectivity index (χ2v) is 8.24. The number of aromatic nitrogens is 3. The van der Waals surface area contributed by atoms with E-state index in [1.165, 1.54) is 0 Å². The van der Waals surface area contributed by atoms with Crippen molar-refractivity contribution in [2.45, 2.75) is 38.8 Å². The maximum Gasteiger partial charge on any atom is 0.243 e. The average molecular weight is 385 g/mol. The minimum atomic E-state index is -0.207. The van der Waals surface area contributed by atoms with Crippen LogP contribution in [0.3, 0.4) is 0 Å². The summed E-state index contributed by atoms with van der Waals surface area (Å²) in [5, 5.41) is 3.26. The molecule has 0 saturated carbocycles. The Morgan fingerprint density at radius 1 is 1.22 bits per heavy atom. The fraction of sp³-hybridized carbons (Fsp3) is 0.429. The van der Waals surface area contributed by atoms with Crippen LogP contribution in [0.5, 0.6) is 0 Å². The van der Waals surface area contributed by atoms with E-state index in [1.807, 2.05) is 53.4 Å². The van der Waals surface area contributed by atoms with Crippen molar-refractivity contribution in [2.24, 2.45) is 5.92 Å². The molecular formula is C21H28N4OS. The first kappa shape index (κ1) is 19.5. The number of benzene rings is 1. The molecule has 0 spiro atoms. The number of nitrogens with one attached hydrogen (secondary N) is 2. The van der Waals surface area contributed by atoms with Gasteiger partial charge in [-0.05, 0) is 55.0 Å². The maximum atomic E-state index is 13.2. The van der Waals surface area contributed by atoms with Gasteiger partial charge in [-0.2, -0.15) is 11.8 Å². The number of rotatable bonds is 9. The molecule has 0 aliphatic carbocycles. The quantitative estimate of drug-likeness (QED) is 0.568. The predicted molar refractivity (Wildman–Crippen MR) is 113 cm³/mol. The number of thioether (sulfide) groups is 1. The summed E-state index contributed by atoms with van der Waals surface area (Å²) in [4.78, 5) is 21.3. The third kappa shape index (κ3) is 4.95. The van der Waals surface area contributed by atoms with Crippen molar-refractivity contribution in [3.05, 3.63) is 54.6 Å². The molecule has 5 nitrogen and oxygen atoms in total. The molecule has 2 unspecified atom stereocenters. The highest BCUT2D eigenvalue weighted by Gasteiger charge is 2.25. The monoisotopic (exact) mass is 384 g/mol. The van der Waals surface area contributed by atoms with E-state index >= 15 is 0 Å². The van der Waals surface area contributed by atoms with E-state index in [0.29, 0.717) is 5.92 Å². The molecule has 6 heteroatoms. The van der Waals surface area contributed by atoms with Crippen molar-refractivity contribution >= 4 is 28.7 Å². The molecule has 1 aromatic carbocycles. The lowest BCUT2D eigenvalue weighted by molar-refractivity contribution is -0.125. The molecule has 2 N–H and O–H groups in total. The standard InChI is InChI=1S/C21H28N4OS/c1-15(2)14-19(25-11-6-7-12-25)21(26)24-18(10-13-27-3)20-22-16-8-4-5-9-17(16)23-20/h4-9,11-12,15,18-19H,10,13-14H2,1-3H3,(H,22,23)(H,24,26). The molecule has 0 aliphatic heterocycles. The van der Waals surface area contributed by atoms with Gasteiger partial charge in [-0.1, -0.05) is 26.0 Å². The molecule has 0 fully saturated rings. The van der Waals surface area contributed by atoms with Gasteiger partial charge in [0, 0.05) is 12.4 Å². The van der Waals surface area contributed by atoms with Gasteiger partial charge in [0.15, 0.2) is 0 Å². The Labute approximate surface area is 165 Å². The summed E-state index contributed by atoms with van der Waals surface area (Å²) in [7, 11) is 0. The van der Waals surface area contributed by atoms with Crippen LogP contribution < -0.4 is 5.32 Å². The van der Waals surface area contributed by atoms with Crippen LogP contribution in [-0.2, 0) is 4.79 Å². The van der Waals surface area contributed by atoms with Crippen LogP contribution in [-0.4, -0.2) is 32.5 Å². The first-order valence-corrected chi connectivity index (χ1v) is 10.8. The van der Waals surface area contributed by atoms with Gasteiger partial charge in [0.05, 0.1) is 17.1 Å². The summed E-state index contributed by atoms with van der Waals surface area (Å²) >= 11 is 1.78. The largest absolute Gasteiger partial charge is 0.344 e. The Balaban J connectivity index is 1.82. The molecule has 2 heterocycles. The molecule has 0 aliphatic rings. The number of fused-ring (bicyclic) bond motifs is 1. The Kier molecular flexibility index (Phi) is 6.61. The van der Waals surface area contributed by atoms with Gasteiger partial charge in [0.2, 0.25) is 5.91 Å². The third-order valence-corrected chi connectivity index (χ3v) is 5.29. The van der Waals surface area contributed by atoms with Crippen molar-refractivity contribution in [1.82, 2.24) is 19.9 Å². The fourth-order valence-corrected chi connectivity index (χ4v) is 3.76. The molecule has 144 valence electrons. The summed E-state index contributed by atoms with van der Waals surface area (Å²) in [6.07, 6.45) is 7.65. The van der Waals surface area contributed by atoms with Gasteiger partial charge in [0.25, 0.3) is 0 Å². The minimum absolute atomic E-state index is 0.0476. The Morgan fingerprint density at radius 2 is 1.96 bits per heavy atom. The van der Waals surface area contributed by atoms with E-state index in [2.05, 4.69) is 30.4 Å². The van der Waals surface area contributed by atoms with Gasteiger partial charge in [0.1, 0.15) is 11.9 Å². The molecule has 3 aromatic rings. The molecule has 2 aromatic heterocycles. The number of imidazole rings is 1. The third-order valence-electron chi connectivity index (χ3n) is 4.65.